The molecule has 1 heterocycles. The molecule has 0 spiro atoms. The summed E-state index contributed by atoms with van der Waals surface area (Å²) in [6.45, 7) is 3.05. The van der Waals surface area contributed by atoms with E-state index in [1.165, 1.54) is 5.56 Å². The SMILES string of the molecule is Cc1ccc(OCc2cnn(C)c2)c(CN)c1. The molecule has 90 valence electrons. The van der Waals surface area contributed by atoms with Crippen molar-refractivity contribution in [1.82, 2.24) is 9.78 Å². The van der Waals surface area contributed by atoms with Gasteiger partial charge in [-0.2, -0.15) is 5.10 Å². The average molecular weight is 231 g/mol. The molecule has 0 fully saturated rings. The topological polar surface area (TPSA) is 53.1 Å². The largest absolute Gasteiger partial charge is 0.488 e. The van der Waals surface area contributed by atoms with Gasteiger partial charge in [-0.05, 0) is 13.0 Å². The standard InChI is InChI=1S/C13H17N3O/c1-10-3-4-13(12(5-10)6-14)17-9-11-7-15-16(2)8-11/h3-5,7-8H,6,9,14H2,1-2H3. The van der Waals surface area contributed by atoms with Crippen LogP contribution in [0.1, 0.15) is 16.7 Å². The van der Waals surface area contributed by atoms with Crippen molar-refractivity contribution >= 4 is 0 Å². The molecule has 0 amide bonds. The predicted octanol–water partition coefficient (Wildman–Crippen LogP) is 1.77. The molecule has 0 atom stereocenters. The highest BCUT2D eigenvalue weighted by Crippen LogP contribution is 2.20. The molecule has 1 aromatic carbocycles. The van der Waals surface area contributed by atoms with E-state index in [4.69, 9.17) is 10.5 Å². The van der Waals surface area contributed by atoms with Gasteiger partial charge in [0.2, 0.25) is 0 Å². The summed E-state index contributed by atoms with van der Waals surface area (Å²) in [5.74, 6) is 0.849. The first kappa shape index (κ1) is 11.7. The number of benzene rings is 1. The molecule has 0 aliphatic heterocycles. The van der Waals surface area contributed by atoms with Crippen LogP contribution < -0.4 is 10.5 Å². The van der Waals surface area contributed by atoms with Crippen LogP contribution in [0.2, 0.25) is 0 Å². The lowest BCUT2D eigenvalue weighted by atomic mass is 10.1. The number of nitrogens with zero attached hydrogens (tertiary/aromatic N) is 2. The summed E-state index contributed by atoms with van der Waals surface area (Å²) in [7, 11) is 1.89. The van der Waals surface area contributed by atoms with E-state index in [1.807, 2.05) is 32.3 Å². The average Bonchev–Trinajstić information content (AvgIpc) is 2.73. The third-order valence-corrected chi connectivity index (χ3v) is 2.59. The molecule has 0 saturated heterocycles. The van der Waals surface area contributed by atoms with Crippen molar-refractivity contribution < 1.29 is 4.74 Å². The molecule has 0 radical (unpaired) electrons. The maximum atomic E-state index is 5.75. The van der Waals surface area contributed by atoms with E-state index in [0.29, 0.717) is 13.2 Å². The Morgan fingerprint density at radius 2 is 2.24 bits per heavy atom. The molecule has 0 aliphatic rings. The number of hydrogen-bond acceptors (Lipinski definition) is 3. The Bertz CT molecular complexity index is 505. The van der Waals surface area contributed by atoms with Crippen LogP contribution in [0.4, 0.5) is 0 Å². The van der Waals surface area contributed by atoms with Gasteiger partial charge in [-0.25, -0.2) is 0 Å². The quantitative estimate of drug-likeness (QED) is 0.872. The summed E-state index contributed by atoms with van der Waals surface area (Å²) >= 11 is 0. The van der Waals surface area contributed by atoms with Crippen LogP contribution >= 0.6 is 0 Å². The maximum Gasteiger partial charge on any atom is 0.124 e. The zero-order valence-corrected chi connectivity index (χ0v) is 10.2. The first-order valence-electron chi connectivity index (χ1n) is 5.59. The molecule has 17 heavy (non-hydrogen) atoms. The molecule has 4 nitrogen and oxygen atoms in total. The zero-order chi connectivity index (χ0) is 12.3. The van der Waals surface area contributed by atoms with Crippen molar-refractivity contribution in [3.8, 4) is 5.75 Å². The van der Waals surface area contributed by atoms with Crippen molar-refractivity contribution in [2.24, 2.45) is 12.8 Å². The molecular formula is C13H17N3O. The van der Waals surface area contributed by atoms with E-state index in [-0.39, 0.29) is 0 Å². The minimum absolute atomic E-state index is 0.490. The molecule has 0 aliphatic carbocycles. The van der Waals surface area contributed by atoms with Crippen LogP contribution in [-0.2, 0) is 20.2 Å². The fourth-order valence-corrected chi connectivity index (χ4v) is 1.72. The Kier molecular flexibility index (Phi) is 3.44. The number of rotatable bonds is 4. The molecule has 2 N–H and O–H groups in total. The van der Waals surface area contributed by atoms with E-state index in [2.05, 4.69) is 11.2 Å². The molecular weight excluding hydrogens is 214 g/mol. The Morgan fingerprint density at radius 1 is 1.41 bits per heavy atom. The van der Waals surface area contributed by atoms with E-state index in [1.54, 1.807) is 10.9 Å². The number of nitrogens with two attached hydrogens (primary N) is 1. The summed E-state index contributed by atoms with van der Waals surface area (Å²) in [6.07, 6.45) is 3.74. The van der Waals surface area contributed by atoms with Crippen LogP contribution in [-0.4, -0.2) is 9.78 Å². The number of ether oxygens (including phenoxy) is 1. The number of hydrogen-bond donors (Lipinski definition) is 1. The zero-order valence-electron chi connectivity index (χ0n) is 10.2. The monoisotopic (exact) mass is 231 g/mol. The summed E-state index contributed by atoms with van der Waals surface area (Å²) in [5.41, 5.74) is 8.98. The van der Waals surface area contributed by atoms with Gasteiger partial charge in [-0.1, -0.05) is 17.7 Å². The van der Waals surface area contributed by atoms with Gasteiger partial charge in [0.15, 0.2) is 0 Å². The fourth-order valence-electron chi connectivity index (χ4n) is 1.72. The Labute approximate surface area is 101 Å². The van der Waals surface area contributed by atoms with Gasteiger partial charge in [0.25, 0.3) is 0 Å². The summed E-state index contributed by atoms with van der Waals surface area (Å²) in [5, 5.41) is 4.10. The summed E-state index contributed by atoms with van der Waals surface area (Å²) in [4.78, 5) is 0. The van der Waals surface area contributed by atoms with E-state index < -0.39 is 0 Å². The highest BCUT2D eigenvalue weighted by Gasteiger charge is 2.03. The maximum absolute atomic E-state index is 5.75. The van der Waals surface area contributed by atoms with Crippen molar-refractivity contribution in [1.29, 1.82) is 0 Å². The van der Waals surface area contributed by atoms with Crippen LogP contribution in [0.25, 0.3) is 0 Å². The van der Waals surface area contributed by atoms with Gasteiger partial charge < -0.3 is 10.5 Å². The van der Waals surface area contributed by atoms with Crippen LogP contribution in [0, 0.1) is 6.92 Å². The van der Waals surface area contributed by atoms with Crippen LogP contribution in [0.5, 0.6) is 5.75 Å². The molecule has 2 aromatic rings. The number of aryl methyl sites for hydroxylation is 2. The normalized spacial score (nSPS) is 10.5. The van der Waals surface area contributed by atoms with Gasteiger partial charge in [0, 0.05) is 30.9 Å². The lowest BCUT2D eigenvalue weighted by Gasteiger charge is -2.10. The van der Waals surface area contributed by atoms with E-state index in [9.17, 15) is 0 Å². The van der Waals surface area contributed by atoms with Gasteiger partial charge in [0.05, 0.1) is 6.20 Å². The van der Waals surface area contributed by atoms with E-state index in [0.717, 1.165) is 16.9 Å². The highest BCUT2D eigenvalue weighted by molar-refractivity contribution is 5.36. The third-order valence-electron chi connectivity index (χ3n) is 2.59. The Balaban J connectivity index is 2.08. The van der Waals surface area contributed by atoms with Gasteiger partial charge in [0.1, 0.15) is 12.4 Å². The van der Waals surface area contributed by atoms with Crippen molar-refractivity contribution in [2.75, 3.05) is 0 Å². The summed E-state index contributed by atoms with van der Waals surface area (Å²) in [6, 6.07) is 6.05. The Morgan fingerprint density at radius 3 is 2.88 bits per heavy atom. The first-order chi connectivity index (χ1) is 8.19. The smallest absolute Gasteiger partial charge is 0.124 e. The lowest BCUT2D eigenvalue weighted by Crippen LogP contribution is -2.02. The second-order valence-corrected chi connectivity index (χ2v) is 4.13. The minimum Gasteiger partial charge on any atom is -0.488 e. The molecule has 2 rings (SSSR count). The van der Waals surface area contributed by atoms with Crippen LogP contribution in [0.15, 0.2) is 30.6 Å². The molecule has 1 aromatic heterocycles. The van der Waals surface area contributed by atoms with Crippen molar-refractivity contribution in [3.63, 3.8) is 0 Å². The van der Waals surface area contributed by atoms with Crippen LogP contribution in [0.3, 0.4) is 0 Å². The Hall–Kier alpha value is -1.81. The highest BCUT2D eigenvalue weighted by atomic mass is 16.5. The second-order valence-electron chi connectivity index (χ2n) is 4.13. The predicted molar refractivity (Wildman–Crippen MR) is 66.6 cm³/mol. The van der Waals surface area contributed by atoms with Gasteiger partial charge >= 0.3 is 0 Å². The molecule has 0 bridgehead atoms. The number of aromatic nitrogens is 2. The van der Waals surface area contributed by atoms with E-state index >= 15 is 0 Å². The second kappa shape index (κ2) is 5.01. The lowest BCUT2D eigenvalue weighted by molar-refractivity contribution is 0.303. The van der Waals surface area contributed by atoms with Crippen molar-refractivity contribution in [3.05, 3.63) is 47.3 Å². The molecule has 0 unspecified atom stereocenters. The summed E-state index contributed by atoms with van der Waals surface area (Å²) < 4.78 is 7.51. The van der Waals surface area contributed by atoms with Gasteiger partial charge in [-0.15, -0.1) is 0 Å². The minimum atomic E-state index is 0.490. The fraction of sp³-hybridized carbons (Fsp3) is 0.308. The van der Waals surface area contributed by atoms with Crippen molar-refractivity contribution in [2.45, 2.75) is 20.1 Å². The third kappa shape index (κ3) is 2.85. The first-order valence-corrected chi connectivity index (χ1v) is 5.59. The molecule has 0 saturated carbocycles. The van der Waals surface area contributed by atoms with Gasteiger partial charge in [-0.3, -0.25) is 4.68 Å². The molecule has 4 heteroatoms.